The van der Waals surface area contributed by atoms with E-state index in [-0.39, 0.29) is 17.6 Å². The molecule has 0 atom stereocenters. The van der Waals surface area contributed by atoms with Gasteiger partial charge in [-0.1, -0.05) is 27.7 Å². The molecule has 0 fully saturated rings. The molecule has 1 heterocycles. The Kier molecular flexibility index (Phi) is 5.35. The number of hydrogen-bond acceptors (Lipinski definition) is 3. The van der Waals surface area contributed by atoms with Gasteiger partial charge in [0.1, 0.15) is 5.82 Å². The molecule has 0 aliphatic heterocycles. The Hall–Kier alpha value is -2.30. The van der Waals surface area contributed by atoms with Crippen molar-refractivity contribution in [3.63, 3.8) is 0 Å². The highest BCUT2D eigenvalue weighted by molar-refractivity contribution is 5.90. The number of hydrogen-bond donors (Lipinski definition) is 1. The van der Waals surface area contributed by atoms with E-state index in [0.29, 0.717) is 24.6 Å². The summed E-state index contributed by atoms with van der Waals surface area (Å²) in [5.74, 6) is 1.00. The highest BCUT2D eigenvalue weighted by atomic mass is 19.1. The Morgan fingerprint density at radius 2 is 1.92 bits per heavy atom. The Labute approximate surface area is 154 Å². The standard InChI is InChI=1S/C21H26FN3O/c1-12(2)9-18-21(25-19(26)10-13(3)4)24-17-8-5-14-11-15(22)6-7-16(14)20(17)23-18/h6-7,11-13H,5,8-10H2,1-4H3,(H,24,25,26). The van der Waals surface area contributed by atoms with E-state index in [0.717, 1.165) is 41.1 Å². The summed E-state index contributed by atoms with van der Waals surface area (Å²) in [6.07, 6.45) is 2.63. The lowest BCUT2D eigenvalue weighted by atomic mass is 9.91. The number of rotatable bonds is 5. The van der Waals surface area contributed by atoms with Gasteiger partial charge in [0.15, 0.2) is 5.82 Å². The summed E-state index contributed by atoms with van der Waals surface area (Å²) < 4.78 is 13.6. The maximum Gasteiger partial charge on any atom is 0.225 e. The lowest BCUT2D eigenvalue weighted by Gasteiger charge is -2.21. The van der Waals surface area contributed by atoms with Gasteiger partial charge in [0, 0.05) is 12.0 Å². The summed E-state index contributed by atoms with van der Waals surface area (Å²) >= 11 is 0. The fraction of sp³-hybridized carbons (Fsp3) is 0.476. The van der Waals surface area contributed by atoms with E-state index < -0.39 is 0 Å². The fourth-order valence-corrected chi connectivity index (χ4v) is 3.33. The number of carbonyl (C=O) groups is 1. The van der Waals surface area contributed by atoms with E-state index in [1.54, 1.807) is 12.1 Å². The molecule has 5 heteroatoms. The molecule has 26 heavy (non-hydrogen) atoms. The molecule has 0 saturated heterocycles. The number of carbonyl (C=O) groups excluding carboxylic acids is 1. The second-order valence-corrected chi connectivity index (χ2v) is 7.86. The van der Waals surface area contributed by atoms with Crippen LogP contribution in [0.3, 0.4) is 0 Å². The van der Waals surface area contributed by atoms with Crippen LogP contribution in [0.25, 0.3) is 11.3 Å². The lowest BCUT2D eigenvalue weighted by molar-refractivity contribution is -0.116. The lowest BCUT2D eigenvalue weighted by Crippen LogP contribution is -2.20. The van der Waals surface area contributed by atoms with Crippen molar-refractivity contribution >= 4 is 11.7 Å². The van der Waals surface area contributed by atoms with Gasteiger partial charge in [-0.15, -0.1) is 0 Å². The predicted octanol–water partition coefficient (Wildman–Crippen LogP) is 4.56. The molecule has 4 nitrogen and oxygen atoms in total. The molecule has 1 aliphatic rings. The van der Waals surface area contributed by atoms with Gasteiger partial charge in [-0.2, -0.15) is 0 Å². The number of nitrogens with one attached hydrogen (secondary N) is 1. The number of fused-ring (bicyclic) bond motifs is 3. The van der Waals surface area contributed by atoms with E-state index >= 15 is 0 Å². The summed E-state index contributed by atoms with van der Waals surface area (Å²) in [4.78, 5) is 21.8. The van der Waals surface area contributed by atoms with Gasteiger partial charge >= 0.3 is 0 Å². The zero-order valence-corrected chi connectivity index (χ0v) is 15.9. The Morgan fingerprint density at radius 1 is 1.15 bits per heavy atom. The molecule has 0 spiro atoms. The van der Waals surface area contributed by atoms with E-state index in [2.05, 4.69) is 19.2 Å². The number of halogens is 1. The van der Waals surface area contributed by atoms with Crippen LogP contribution in [0.15, 0.2) is 18.2 Å². The molecule has 0 unspecified atom stereocenters. The van der Waals surface area contributed by atoms with Gasteiger partial charge in [-0.25, -0.2) is 14.4 Å². The molecule has 1 aromatic carbocycles. The third-order valence-electron chi connectivity index (χ3n) is 4.45. The molecule has 1 aliphatic carbocycles. The smallest absolute Gasteiger partial charge is 0.225 e. The predicted molar refractivity (Wildman–Crippen MR) is 101 cm³/mol. The van der Waals surface area contributed by atoms with Crippen molar-refractivity contribution in [2.45, 2.75) is 53.4 Å². The second-order valence-electron chi connectivity index (χ2n) is 7.86. The third kappa shape index (κ3) is 4.09. The Morgan fingerprint density at radius 3 is 2.62 bits per heavy atom. The quantitative estimate of drug-likeness (QED) is 0.855. The number of nitrogens with zero attached hydrogens (tertiary/aromatic N) is 2. The number of benzene rings is 1. The Bertz CT molecular complexity index is 830. The van der Waals surface area contributed by atoms with Crippen LogP contribution in [0.2, 0.25) is 0 Å². The molecular weight excluding hydrogens is 329 g/mol. The van der Waals surface area contributed by atoms with Crippen molar-refractivity contribution in [1.82, 2.24) is 9.97 Å². The topological polar surface area (TPSA) is 54.9 Å². The minimum absolute atomic E-state index is 0.0301. The molecule has 1 N–H and O–H groups in total. The van der Waals surface area contributed by atoms with Crippen LogP contribution in [0.1, 0.15) is 51.1 Å². The first-order valence-electron chi connectivity index (χ1n) is 9.32. The SMILES string of the molecule is CC(C)CC(=O)Nc1nc2c(nc1CC(C)C)-c1ccc(F)cc1CC2. The summed E-state index contributed by atoms with van der Waals surface area (Å²) in [6.45, 7) is 8.26. The molecule has 1 amide bonds. The number of anilines is 1. The monoisotopic (exact) mass is 355 g/mol. The zero-order chi connectivity index (χ0) is 18.8. The second kappa shape index (κ2) is 7.52. The van der Waals surface area contributed by atoms with Crippen molar-refractivity contribution in [2.75, 3.05) is 5.32 Å². The third-order valence-corrected chi connectivity index (χ3v) is 4.45. The van der Waals surface area contributed by atoms with E-state index in [4.69, 9.17) is 9.97 Å². The van der Waals surface area contributed by atoms with Gasteiger partial charge in [-0.3, -0.25) is 4.79 Å². The summed E-state index contributed by atoms with van der Waals surface area (Å²) in [5, 5.41) is 2.96. The molecule has 0 saturated carbocycles. The van der Waals surface area contributed by atoms with Crippen molar-refractivity contribution in [3.05, 3.63) is 41.0 Å². The average molecular weight is 355 g/mol. The summed E-state index contributed by atoms with van der Waals surface area (Å²) in [5.41, 5.74) is 4.41. The maximum absolute atomic E-state index is 13.6. The minimum atomic E-state index is -0.222. The molecular formula is C21H26FN3O. The van der Waals surface area contributed by atoms with Crippen LogP contribution in [0.4, 0.5) is 10.2 Å². The van der Waals surface area contributed by atoms with Gasteiger partial charge in [0.25, 0.3) is 0 Å². The zero-order valence-electron chi connectivity index (χ0n) is 15.9. The van der Waals surface area contributed by atoms with Crippen molar-refractivity contribution in [2.24, 2.45) is 11.8 Å². The fourth-order valence-electron chi connectivity index (χ4n) is 3.33. The van der Waals surface area contributed by atoms with Crippen LogP contribution in [0, 0.1) is 17.7 Å². The first kappa shape index (κ1) is 18.5. The van der Waals surface area contributed by atoms with E-state index in [9.17, 15) is 9.18 Å². The van der Waals surface area contributed by atoms with Crippen molar-refractivity contribution in [1.29, 1.82) is 0 Å². The Balaban J connectivity index is 2.02. The van der Waals surface area contributed by atoms with Gasteiger partial charge in [0.2, 0.25) is 5.91 Å². The summed E-state index contributed by atoms with van der Waals surface area (Å²) in [6, 6.07) is 4.84. The van der Waals surface area contributed by atoms with Crippen LogP contribution in [-0.2, 0) is 24.1 Å². The van der Waals surface area contributed by atoms with Crippen molar-refractivity contribution < 1.29 is 9.18 Å². The number of amides is 1. The largest absolute Gasteiger partial charge is 0.309 e. The molecule has 2 aromatic rings. The summed E-state index contributed by atoms with van der Waals surface area (Å²) in [7, 11) is 0. The molecule has 0 radical (unpaired) electrons. The normalized spacial score (nSPS) is 12.9. The van der Waals surface area contributed by atoms with Crippen LogP contribution < -0.4 is 5.32 Å². The number of aryl methyl sites for hydroxylation is 2. The highest BCUT2D eigenvalue weighted by Gasteiger charge is 2.23. The van der Waals surface area contributed by atoms with Gasteiger partial charge in [0.05, 0.1) is 17.1 Å². The molecule has 0 bridgehead atoms. The van der Waals surface area contributed by atoms with Crippen LogP contribution >= 0.6 is 0 Å². The first-order chi connectivity index (χ1) is 12.3. The molecule has 3 rings (SSSR count). The number of aromatic nitrogens is 2. The highest BCUT2D eigenvalue weighted by Crippen LogP contribution is 2.33. The van der Waals surface area contributed by atoms with E-state index in [1.807, 2.05) is 13.8 Å². The maximum atomic E-state index is 13.6. The average Bonchev–Trinajstić information content (AvgIpc) is 2.53. The first-order valence-corrected chi connectivity index (χ1v) is 9.32. The van der Waals surface area contributed by atoms with E-state index in [1.165, 1.54) is 6.07 Å². The van der Waals surface area contributed by atoms with Crippen LogP contribution in [-0.4, -0.2) is 15.9 Å². The van der Waals surface area contributed by atoms with Crippen LogP contribution in [0.5, 0.6) is 0 Å². The molecule has 1 aromatic heterocycles. The van der Waals surface area contributed by atoms with Gasteiger partial charge in [-0.05, 0) is 54.9 Å². The van der Waals surface area contributed by atoms with Crippen molar-refractivity contribution in [3.8, 4) is 11.3 Å². The minimum Gasteiger partial charge on any atom is -0.309 e. The van der Waals surface area contributed by atoms with Gasteiger partial charge < -0.3 is 5.32 Å². The molecule has 138 valence electrons.